The van der Waals surface area contributed by atoms with Gasteiger partial charge in [-0.2, -0.15) is 4.31 Å². The van der Waals surface area contributed by atoms with Gasteiger partial charge in [0.25, 0.3) is 5.91 Å². The quantitative estimate of drug-likeness (QED) is 0.547. The molecule has 1 atom stereocenters. The van der Waals surface area contributed by atoms with E-state index in [4.69, 9.17) is 9.47 Å². The van der Waals surface area contributed by atoms with Crippen molar-refractivity contribution in [2.24, 2.45) is 0 Å². The van der Waals surface area contributed by atoms with Gasteiger partial charge in [0.1, 0.15) is 6.04 Å². The summed E-state index contributed by atoms with van der Waals surface area (Å²) in [4.78, 5) is 36.7. The first-order valence-electron chi connectivity index (χ1n) is 9.37. The molecule has 0 radical (unpaired) electrons. The molecule has 12 heteroatoms. The van der Waals surface area contributed by atoms with Crippen molar-refractivity contribution in [3.05, 3.63) is 18.2 Å². The molecule has 30 heavy (non-hydrogen) atoms. The highest BCUT2D eigenvalue weighted by Gasteiger charge is 2.33. The summed E-state index contributed by atoms with van der Waals surface area (Å²) in [5.41, 5.74) is 0. The molecule has 0 aromatic heterocycles. The van der Waals surface area contributed by atoms with E-state index in [0.29, 0.717) is 11.5 Å². The minimum absolute atomic E-state index is 0.0841. The Labute approximate surface area is 174 Å². The number of amides is 4. The predicted octanol–water partition coefficient (Wildman–Crippen LogP) is -0.475. The molecule has 11 nitrogen and oxygen atoms in total. The van der Waals surface area contributed by atoms with Crippen molar-refractivity contribution in [2.45, 2.75) is 23.8 Å². The molecule has 1 aromatic carbocycles. The van der Waals surface area contributed by atoms with Crippen molar-refractivity contribution < 1.29 is 32.3 Å². The van der Waals surface area contributed by atoms with E-state index in [0.717, 1.165) is 0 Å². The van der Waals surface area contributed by atoms with E-state index in [1.807, 2.05) is 0 Å². The number of piperazine rings is 1. The number of ether oxygens (including phenoxy) is 2. The van der Waals surface area contributed by atoms with E-state index >= 15 is 0 Å². The molecule has 3 rings (SSSR count). The number of hydrogen-bond acceptors (Lipinski definition) is 7. The molecule has 0 bridgehead atoms. The van der Waals surface area contributed by atoms with E-state index in [1.54, 1.807) is 4.90 Å². The van der Waals surface area contributed by atoms with Crippen LogP contribution < -0.4 is 20.1 Å². The van der Waals surface area contributed by atoms with Gasteiger partial charge in [-0.15, -0.1) is 0 Å². The van der Waals surface area contributed by atoms with Gasteiger partial charge in [0.15, 0.2) is 11.5 Å². The smallest absolute Gasteiger partial charge is 0.322 e. The average molecular weight is 440 g/mol. The first-order valence-corrected chi connectivity index (χ1v) is 10.8. The first kappa shape index (κ1) is 21.8. The summed E-state index contributed by atoms with van der Waals surface area (Å²) in [6, 6.07) is 3.12. The lowest BCUT2D eigenvalue weighted by atomic mass is 10.1. The number of carbonyl (C=O) groups excluding carboxylic acids is 3. The first-order chi connectivity index (χ1) is 14.3. The number of imide groups is 1. The molecular formula is C18H24N4O7S. The number of sulfonamides is 1. The number of urea groups is 1. The van der Waals surface area contributed by atoms with Crippen LogP contribution in [0.2, 0.25) is 0 Å². The van der Waals surface area contributed by atoms with Crippen LogP contribution in [-0.2, 0) is 19.6 Å². The fourth-order valence-electron chi connectivity index (χ4n) is 3.39. The lowest BCUT2D eigenvalue weighted by Gasteiger charge is -2.34. The summed E-state index contributed by atoms with van der Waals surface area (Å²) in [5, 5.41) is 4.57. The van der Waals surface area contributed by atoms with Gasteiger partial charge in [0.05, 0.1) is 19.1 Å². The minimum Gasteiger partial charge on any atom is -0.493 e. The van der Waals surface area contributed by atoms with E-state index in [2.05, 4.69) is 10.6 Å². The standard InChI is InChI=1S/C18H24N4O7S/c1-28-14-5-3-12(11-15(14)29-2)30(26,27)22-9-7-21(8-10-22)16(23)6-4-13-17(24)20-18(25)19-13/h3,5,11,13H,4,6-10H2,1-2H3,(H2,19,20,24,25)/t13-/m1/s1. The van der Waals surface area contributed by atoms with Crippen LogP contribution in [0.5, 0.6) is 11.5 Å². The maximum absolute atomic E-state index is 12.9. The van der Waals surface area contributed by atoms with Crippen molar-refractivity contribution in [1.82, 2.24) is 19.8 Å². The van der Waals surface area contributed by atoms with Crippen LogP contribution in [0.4, 0.5) is 4.79 Å². The van der Waals surface area contributed by atoms with Crippen LogP contribution in [0.1, 0.15) is 12.8 Å². The summed E-state index contributed by atoms with van der Waals surface area (Å²) in [7, 11) is -0.851. The van der Waals surface area contributed by atoms with Crippen LogP contribution >= 0.6 is 0 Å². The van der Waals surface area contributed by atoms with Crippen LogP contribution in [0.3, 0.4) is 0 Å². The second kappa shape index (κ2) is 8.88. The topological polar surface area (TPSA) is 134 Å². The van der Waals surface area contributed by atoms with Gasteiger partial charge in [-0.3, -0.25) is 14.9 Å². The Morgan fingerprint density at radius 3 is 2.33 bits per heavy atom. The SMILES string of the molecule is COc1ccc(S(=O)(=O)N2CCN(C(=O)CC[C@H]3NC(=O)NC3=O)CC2)cc1OC. The predicted molar refractivity (Wildman–Crippen MR) is 105 cm³/mol. The Kier molecular flexibility index (Phi) is 6.46. The minimum atomic E-state index is -3.75. The monoisotopic (exact) mass is 440 g/mol. The summed E-state index contributed by atoms with van der Waals surface area (Å²) >= 11 is 0. The highest BCUT2D eigenvalue weighted by atomic mass is 32.2. The second-order valence-electron chi connectivity index (χ2n) is 6.86. The molecule has 2 heterocycles. The summed E-state index contributed by atoms with van der Waals surface area (Å²) < 4.78 is 37.5. The number of nitrogens with zero attached hydrogens (tertiary/aromatic N) is 2. The fraction of sp³-hybridized carbons (Fsp3) is 0.500. The van der Waals surface area contributed by atoms with Crippen molar-refractivity contribution in [1.29, 1.82) is 0 Å². The maximum atomic E-state index is 12.9. The molecule has 2 saturated heterocycles. The highest BCUT2D eigenvalue weighted by Crippen LogP contribution is 2.30. The van der Waals surface area contributed by atoms with Crippen molar-refractivity contribution in [3.63, 3.8) is 0 Å². The number of benzene rings is 1. The van der Waals surface area contributed by atoms with Crippen LogP contribution in [-0.4, -0.2) is 81.9 Å². The normalized spacial score (nSPS) is 19.9. The molecule has 2 aliphatic heterocycles. The number of hydrogen-bond donors (Lipinski definition) is 2. The average Bonchev–Trinajstić information content (AvgIpc) is 3.08. The molecule has 2 N–H and O–H groups in total. The molecule has 2 fully saturated rings. The molecule has 2 aliphatic rings. The number of methoxy groups -OCH3 is 2. The largest absolute Gasteiger partial charge is 0.493 e. The molecule has 4 amide bonds. The van der Waals surface area contributed by atoms with Crippen LogP contribution in [0, 0.1) is 0 Å². The summed E-state index contributed by atoms with van der Waals surface area (Å²) in [6.07, 6.45) is 0.279. The molecule has 0 spiro atoms. The van der Waals surface area contributed by atoms with Gasteiger partial charge in [-0.25, -0.2) is 13.2 Å². The third-order valence-electron chi connectivity index (χ3n) is 5.09. The van der Waals surface area contributed by atoms with Gasteiger partial charge in [0, 0.05) is 38.7 Å². The van der Waals surface area contributed by atoms with Gasteiger partial charge >= 0.3 is 6.03 Å². The van der Waals surface area contributed by atoms with Gasteiger partial charge in [-0.1, -0.05) is 0 Å². The van der Waals surface area contributed by atoms with Crippen molar-refractivity contribution in [2.75, 3.05) is 40.4 Å². The van der Waals surface area contributed by atoms with Gasteiger partial charge < -0.3 is 19.7 Å². The van der Waals surface area contributed by atoms with E-state index in [9.17, 15) is 22.8 Å². The fourth-order valence-corrected chi connectivity index (χ4v) is 4.83. The zero-order valence-corrected chi connectivity index (χ0v) is 17.5. The van der Waals surface area contributed by atoms with Crippen molar-refractivity contribution >= 4 is 27.9 Å². The Morgan fingerprint density at radius 1 is 1.10 bits per heavy atom. The molecule has 164 valence electrons. The van der Waals surface area contributed by atoms with Gasteiger partial charge in [0.2, 0.25) is 15.9 Å². The molecule has 0 unspecified atom stereocenters. The van der Waals surface area contributed by atoms with Crippen molar-refractivity contribution in [3.8, 4) is 11.5 Å². The summed E-state index contributed by atoms with van der Waals surface area (Å²) in [5.74, 6) is 0.111. The van der Waals surface area contributed by atoms with E-state index < -0.39 is 28.0 Å². The Balaban J connectivity index is 1.57. The van der Waals surface area contributed by atoms with Crippen LogP contribution in [0.25, 0.3) is 0 Å². The van der Waals surface area contributed by atoms with E-state index in [-0.39, 0.29) is 49.8 Å². The number of nitrogens with one attached hydrogen (secondary N) is 2. The zero-order valence-electron chi connectivity index (χ0n) is 16.7. The molecule has 1 aromatic rings. The maximum Gasteiger partial charge on any atom is 0.322 e. The van der Waals surface area contributed by atoms with Gasteiger partial charge in [-0.05, 0) is 18.6 Å². The summed E-state index contributed by atoms with van der Waals surface area (Å²) in [6.45, 7) is 0.801. The third kappa shape index (κ3) is 4.49. The third-order valence-corrected chi connectivity index (χ3v) is 6.98. The highest BCUT2D eigenvalue weighted by molar-refractivity contribution is 7.89. The second-order valence-corrected chi connectivity index (χ2v) is 8.79. The molecule has 0 aliphatic carbocycles. The van der Waals surface area contributed by atoms with E-state index in [1.165, 1.54) is 36.7 Å². The molecular weight excluding hydrogens is 416 g/mol. The van der Waals surface area contributed by atoms with Crippen LogP contribution in [0.15, 0.2) is 23.1 Å². The lowest BCUT2D eigenvalue weighted by Crippen LogP contribution is -2.50. The Morgan fingerprint density at radius 2 is 1.77 bits per heavy atom. The Bertz CT molecular complexity index is 942. The number of carbonyl (C=O) groups is 3. The Hall–Kier alpha value is -2.86. The number of rotatable bonds is 7. The lowest BCUT2D eigenvalue weighted by molar-refractivity contribution is -0.132. The molecule has 0 saturated carbocycles. The zero-order chi connectivity index (χ0) is 21.9.